The molecule has 1 unspecified atom stereocenters. The molecule has 0 spiro atoms. The van der Waals surface area contributed by atoms with E-state index >= 15 is 0 Å². The molecule has 0 fully saturated rings. The fourth-order valence-electron chi connectivity index (χ4n) is 6.39. The van der Waals surface area contributed by atoms with Crippen LogP contribution in [-0.2, 0) is 0 Å². The molecule has 0 saturated heterocycles. The zero-order valence-corrected chi connectivity index (χ0v) is 24.7. The van der Waals surface area contributed by atoms with E-state index in [0.717, 1.165) is 55.7 Å². The molecule has 8 aromatic rings. The Bertz CT molecular complexity index is 2300. The first kappa shape index (κ1) is 26.2. The van der Waals surface area contributed by atoms with Crippen LogP contribution in [0.2, 0.25) is 0 Å². The molecule has 46 heavy (non-hydrogen) atoms. The molecule has 2 aromatic heterocycles. The highest BCUT2D eigenvalue weighted by molar-refractivity contribution is 6.13. The number of benzene rings is 6. The van der Waals surface area contributed by atoms with E-state index in [1.807, 2.05) is 72.8 Å². The Morgan fingerprint density at radius 2 is 1.17 bits per heavy atom. The van der Waals surface area contributed by atoms with Crippen LogP contribution >= 0.6 is 0 Å². The van der Waals surface area contributed by atoms with Gasteiger partial charge in [-0.05, 0) is 42.0 Å². The molecule has 6 nitrogen and oxygen atoms in total. The molecular formula is C40H27N5O. The number of aromatic nitrogens is 3. The van der Waals surface area contributed by atoms with Gasteiger partial charge in [0.1, 0.15) is 17.3 Å². The van der Waals surface area contributed by atoms with Crippen molar-refractivity contribution in [2.24, 2.45) is 0 Å². The van der Waals surface area contributed by atoms with Crippen LogP contribution in [0.3, 0.4) is 0 Å². The van der Waals surface area contributed by atoms with Gasteiger partial charge < -0.3 is 14.6 Å². The summed E-state index contributed by atoms with van der Waals surface area (Å²) in [6, 6.07) is 51.6. The first-order valence-electron chi connectivity index (χ1n) is 15.3. The lowest BCUT2D eigenvalue weighted by molar-refractivity contribution is 0.669. The fraction of sp³-hybridized carbons (Fsp3) is 0.0250. The summed E-state index contributed by atoms with van der Waals surface area (Å²) in [7, 11) is 0. The van der Waals surface area contributed by atoms with E-state index in [1.54, 1.807) is 0 Å². The molecular weight excluding hydrogens is 566 g/mol. The van der Waals surface area contributed by atoms with Crippen molar-refractivity contribution in [1.29, 1.82) is 0 Å². The van der Waals surface area contributed by atoms with Gasteiger partial charge in [0, 0.05) is 33.2 Å². The first-order valence-corrected chi connectivity index (χ1v) is 15.3. The van der Waals surface area contributed by atoms with Gasteiger partial charge in [-0.25, -0.2) is 15.0 Å². The third-order valence-electron chi connectivity index (χ3n) is 8.53. The van der Waals surface area contributed by atoms with Crippen molar-refractivity contribution in [1.82, 2.24) is 15.0 Å². The van der Waals surface area contributed by atoms with Crippen molar-refractivity contribution < 1.29 is 4.42 Å². The van der Waals surface area contributed by atoms with Crippen molar-refractivity contribution >= 4 is 39.0 Å². The normalized spacial score (nSPS) is 14.0. The number of nitrogens with one attached hydrogen (secondary N) is 1. The SMILES string of the molecule is c1ccc(-c2nc(-c3ccccc3)nc(-c3cccc4oc5ccc(N6c7ccccc7NC6c6ccccc6)cc5c34)n2)cc1. The number of para-hydroxylation sites is 2. The van der Waals surface area contributed by atoms with E-state index < -0.39 is 0 Å². The summed E-state index contributed by atoms with van der Waals surface area (Å²) in [5.41, 5.74) is 8.82. The summed E-state index contributed by atoms with van der Waals surface area (Å²) < 4.78 is 6.44. The number of hydrogen-bond acceptors (Lipinski definition) is 6. The first-order chi connectivity index (χ1) is 22.8. The summed E-state index contributed by atoms with van der Waals surface area (Å²) >= 11 is 0. The molecule has 9 rings (SSSR count). The third-order valence-corrected chi connectivity index (χ3v) is 8.53. The van der Waals surface area contributed by atoms with E-state index in [2.05, 4.69) is 89.1 Å². The summed E-state index contributed by atoms with van der Waals surface area (Å²) in [4.78, 5) is 17.3. The molecule has 1 atom stereocenters. The van der Waals surface area contributed by atoms with Gasteiger partial charge in [-0.1, -0.05) is 115 Å². The van der Waals surface area contributed by atoms with Crippen molar-refractivity contribution in [2.45, 2.75) is 6.17 Å². The highest BCUT2D eigenvalue weighted by Gasteiger charge is 2.31. The minimum Gasteiger partial charge on any atom is -0.456 e. The summed E-state index contributed by atoms with van der Waals surface area (Å²) in [6.45, 7) is 0. The molecule has 218 valence electrons. The number of fused-ring (bicyclic) bond motifs is 4. The van der Waals surface area contributed by atoms with Gasteiger partial charge in [0.25, 0.3) is 0 Å². The molecule has 1 N–H and O–H groups in total. The molecule has 0 saturated carbocycles. The van der Waals surface area contributed by atoms with Gasteiger partial charge in [0.2, 0.25) is 0 Å². The maximum absolute atomic E-state index is 6.44. The molecule has 0 radical (unpaired) electrons. The van der Waals surface area contributed by atoms with Gasteiger partial charge in [0.15, 0.2) is 17.5 Å². The van der Waals surface area contributed by atoms with E-state index in [-0.39, 0.29) is 6.17 Å². The van der Waals surface area contributed by atoms with Crippen LogP contribution in [0.25, 0.3) is 56.1 Å². The molecule has 3 heterocycles. The maximum atomic E-state index is 6.44. The average molecular weight is 594 g/mol. The van der Waals surface area contributed by atoms with Gasteiger partial charge in [-0.3, -0.25) is 0 Å². The topological polar surface area (TPSA) is 67.1 Å². The van der Waals surface area contributed by atoms with E-state index in [1.165, 1.54) is 5.56 Å². The van der Waals surface area contributed by atoms with Crippen molar-refractivity contribution in [2.75, 3.05) is 10.2 Å². The van der Waals surface area contributed by atoms with Crippen LogP contribution in [0, 0.1) is 0 Å². The molecule has 1 aliphatic rings. The minimum absolute atomic E-state index is 0.0564. The lowest BCUT2D eigenvalue weighted by Gasteiger charge is -2.27. The number of furan rings is 1. The highest BCUT2D eigenvalue weighted by atomic mass is 16.3. The van der Waals surface area contributed by atoms with E-state index in [4.69, 9.17) is 19.4 Å². The van der Waals surface area contributed by atoms with Crippen molar-refractivity contribution in [3.8, 4) is 34.2 Å². The van der Waals surface area contributed by atoms with Crippen LogP contribution in [0.4, 0.5) is 17.1 Å². The molecule has 0 amide bonds. The van der Waals surface area contributed by atoms with E-state index in [9.17, 15) is 0 Å². The van der Waals surface area contributed by atoms with Crippen LogP contribution in [0.1, 0.15) is 11.7 Å². The second-order valence-corrected chi connectivity index (χ2v) is 11.3. The molecule has 1 aliphatic heterocycles. The van der Waals surface area contributed by atoms with Crippen LogP contribution < -0.4 is 10.2 Å². The molecule has 0 bridgehead atoms. The zero-order chi connectivity index (χ0) is 30.5. The third kappa shape index (κ3) is 4.39. The number of anilines is 3. The Morgan fingerprint density at radius 1 is 0.543 bits per heavy atom. The Morgan fingerprint density at radius 3 is 1.89 bits per heavy atom. The quantitative estimate of drug-likeness (QED) is 0.214. The maximum Gasteiger partial charge on any atom is 0.164 e. The minimum atomic E-state index is -0.0564. The second-order valence-electron chi connectivity index (χ2n) is 11.3. The number of hydrogen-bond donors (Lipinski definition) is 1. The summed E-state index contributed by atoms with van der Waals surface area (Å²) in [5, 5.41) is 5.71. The zero-order valence-electron chi connectivity index (χ0n) is 24.7. The second kappa shape index (κ2) is 10.7. The van der Waals surface area contributed by atoms with Crippen LogP contribution in [-0.4, -0.2) is 15.0 Å². The number of rotatable bonds is 5. The van der Waals surface area contributed by atoms with E-state index in [0.29, 0.717) is 17.5 Å². The fourth-order valence-corrected chi connectivity index (χ4v) is 6.39. The smallest absolute Gasteiger partial charge is 0.164 e. The largest absolute Gasteiger partial charge is 0.456 e. The standard InChI is InChI=1S/C40H27N5O/c1-4-13-26(14-5-1)37-42-38(27-15-6-2-7-16-27)44-39(43-37)30-19-12-22-35-36(30)31-25-29(23-24-34(31)46-35)45-33-21-11-10-20-32(33)41-40(45)28-17-8-3-9-18-28/h1-25,40-41H. The summed E-state index contributed by atoms with van der Waals surface area (Å²) in [5.74, 6) is 1.85. The molecule has 0 aliphatic carbocycles. The van der Waals surface area contributed by atoms with Gasteiger partial charge in [0.05, 0.1) is 11.4 Å². The predicted molar refractivity (Wildman–Crippen MR) is 185 cm³/mol. The monoisotopic (exact) mass is 593 g/mol. The predicted octanol–water partition coefficient (Wildman–Crippen LogP) is 10.0. The Hall–Kier alpha value is -6.27. The highest BCUT2D eigenvalue weighted by Crippen LogP contribution is 2.47. The van der Waals surface area contributed by atoms with Crippen LogP contribution in [0.15, 0.2) is 156 Å². The van der Waals surface area contributed by atoms with Gasteiger partial charge in [-0.15, -0.1) is 0 Å². The molecule has 6 aromatic carbocycles. The Balaban J connectivity index is 1.25. The van der Waals surface area contributed by atoms with Crippen molar-refractivity contribution in [3.63, 3.8) is 0 Å². The number of nitrogens with zero attached hydrogens (tertiary/aromatic N) is 4. The lowest BCUT2D eigenvalue weighted by atomic mass is 10.0. The Kier molecular flexibility index (Phi) is 6.09. The average Bonchev–Trinajstić information content (AvgIpc) is 3.71. The summed E-state index contributed by atoms with van der Waals surface area (Å²) in [6.07, 6.45) is -0.0564. The van der Waals surface area contributed by atoms with Gasteiger partial charge >= 0.3 is 0 Å². The van der Waals surface area contributed by atoms with Gasteiger partial charge in [-0.2, -0.15) is 0 Å². The Labute approximate surface area is 265 Å². The molecule has 6 heteroatoms. The lowest BCUT2D eigenvalue weighted by Crippen LogP contribution is -2.23. The van der Waals surface area contributed by atoms with Crippen molar-refractivity contribution in [3.05, 3.63) is 157 Å². The van der Waals surface area contributed by atoms with Crippen LogP contribution in [0.5, 0.6) is 0 Å².